The minimum Gasteiger partial charge on any atom is -0.247 e. The largest absolute Gasteiger partial charge is 0.247 e. The Balaban J connectivity index is 1.35. The zero-order valence-electron chi connectivity index (χ0n) is 16.3. The number of hydrogen-bond donors (Lipinski definition) is 0. The summed E-state index contributed by atoms with van der Waals surface area (Å²) < 4.78 is 3.75. The number of aromatic nitrogens is 6. The summed E-state index contributed by atoms with van der Waals surface area (Å²) in [5.41, 5.74) is 6.23. The smallest absolute Gasteiger partial charge is 0.113 e. The molecule has 6 nitrogen and oxygen atoms in total. The van der Waals surface area contributed by atoms with E-state index >= 15 is 0 Å². The first-order valence-electron chi connectivity index (χ1n) is 9.83. The Kier molecular flexibility index (Phi) is 4.88. The highest BCUT2D eigenvalue weighted by molar-refractivity contribution is 5.57. The van der Waals surface area contributed by atoms with Gasteiger partial charge in [-0.05, 0) is 11.1 Å². The molecule has 0 aliphatic rings. The van der Waals surface area contributed by atoms with Gasteiger partial charge in [-0.15, -0.1) is 10.2 Å². The molecule has 0 saturated carbocycles. The van der Waals surface area contributed by atoms with Crippen molar-refractivity contribution in [3.8, 4) is 22.5 Å². The predicted octanol–water partition coefficient (Wildman–Crippen LogP) is 4.30. The summed E-state index contributed by atoms with van der Waals surface area (Å²) in [6, 6.07) is 28.5. The molecule has 30 heavy (non-hydrogen) atoms. The van der Waals surface area contributed by atoms with Crippen LogP contribution >= 0.6 is 0 Å². The second-order valence-corrected chi connectivity index (χ2v) is 7.10. The van der Waals surface area contributed by atoms with Crippen molar-refractivity contribution in [1.82, 2.24) is 30.0 Å². The van der Waals surface area contributed by atoms with E-state index in [1.807, 2.05) is 94.6 Å². The number of nitrogens with zero attached hydrogens (tertiary/aromatic N) is 6. The van der Waals surface area contributed by atoms with Crippen LogP contribution in [0.3, 0.4) is 0 Å². The van der Waals surface area contributed by atoms with Gasteiger partial charge in [0.2, 0.25) is 0 Å². The molecule has 0 radical (unpaired) electrons. The summed E-state index contributed by atoms with van der Waals surface area (Å²) >= 11 is 0. The summed E-state index contributed by atoms with van der Waals surface area (Å²) in [6.45, 7) is 1.30. The molecule has 146 valence electrons. The van der Waals surface area contributed by atoms with Crippen molar-refractivity contribution in [1.29, 1.82) is 0 Å². The molecule has 0 fully saturated rings. The van der Waals surface area contributed by atoms with Crippen LogP contribution in [0, 0.1) is 0 Å². The van der Waals surface area contributed by atoms with Crippen molar-refractivity contribution >= 4 is 0 Å². The number of rotatable bonds is 6. The van der Waals surface area contributed by atoms with E-state index in [2.05, 4.69) is 32.8 Å². The van der Waals surface area contributed by atoms with Crippen molar-refractivity contribution in [2.45, 2.75) is 13.1 Å². The summed E-state index contributed by atoms with van der Waals surface area (Å²) in [5, 5.41) is 17.3. The fourth-order valence-electron chi connectivity index (χ4n) is 3.45. The predicted molar refractivity (Wildman–Crippen MR) is 116 cm³/mol. The van der Waals surface area contributed by atoms with Gasteiger partial charge >= 0.3 is 0 Å². The van der Waals surface area contributed by atoms with Crippen LogP contribution in [-0.2, 0) is 13.1 Å². The van der Waals surface area contributed by atoms with Gasteiger partial charge < -0.3 is 0 Å². The van der Waals surface area contributed by atoms with Crippen LogP contribution < -0.4 is 0 Å². The van der Waals surface area contributed by atoms with Crippen LogP contribution in [0.1, 0.15) is 11.1 Å². The Morgan fingerprint density at radius 1 is 0.500 bits per heavy atom. The van der Waals surface area contributed by atoms with E-state index in [4.69, 9.17) is 0 Å². The maximum Gasteiger partial charge on any atom is 0.113 e. The summed E-state index contributed by atoms with van der Waals surface area (Å²) in [7, 11) is 0. The van der Waals surface area contributed by atoms with E-state index in [0.717, 1.165) is 22.5 Å². The summed E-state index contributed by atoms with van der Waals surface area (Å²) in [5.74, 6) is 0. The first-order valence-corrected chi connectivity index (χ1v) is 9.83. The zero-order chi connectivity index (χ0) is 20.2. The van der Waals surface area contributed by atoms with Gasteiger partial charge in [-0.1, -0.05) is 95.4 Å². The highest BCUT2D eigenvalue weighted by atomic mass is 15.4. The highest BCUT2D eigenvalue weighted by Gasteiger charge is 2.09. The molecule has 0 unspecified atom stereocenters. The molecule has 0 aliphatic carbocycles. The fraction of sp³-hybridized carbons (Fsp3) is 0.0833. The van der Waals surface area contributed by atoms with Gasteiger partial charge in [0, 0.05) is 11.1 Å². The fourth-order valence-corrected chi connectivity index (χ4v) is 3.45. The van der Waals surface area contributed by atoms with Gasteiger partial charge in [-0.25, -0.2) is 9.36 Å². The first kappa shape index (κ1) is 18.0. The van der Waals surface area contributed by atoms with Crippen molar-refractivity contribution < 1.29 is 0 Å². The van der Waals surface area contributed by atoms with Crippen molar-refractivity contribution in [3.63, 3.8) is 0 Å². The van der Waals surface area contributed by atoms with Gasteiger partial charge in [0.25, 0.3) is 0 Å². The molecule has 0 spiro atoms. The molecule has 0 bridgehead atoms. The molecule has 0 amide bonds. The molecular formula is C24H20N6. The molecule has 6 heteroatoms. The van der Waals surface area contributed by atoms with E-state index < -0.39 is 0 Å². The Labute approximate surface area is 174 Å². The molecule has 0 saturated heterocycles. The van der Waals surface area contributed by atoms with Crippen LogP contribution in [0.2, 0.25) is 0 Å². The SMILES string of the molecule is c1ccc(-c2cn(Cc3ccccc3Cn3cc(-c4ccccc4)nn3)nn2)cc1. The quantitative estimate of drug-likeness (QED) is 0.432. The Hall–Kier alpha value is -4.06. The van der Waals surface area contributed by atoms with E-state index in [1.54, 1.807) is 0 Å². The standard InChI is InChI=1S/C24H20N6/c1-3-9-19(10-4-1)23-17-29(27-25-23)15-21-13-7-8-14-22(21)16-30-18-24(26-28-30)20-11-5-2-6-12-20/h1-14,17-18H,15-16H2. The lowest BCUT2D eigenvalue weighted by Gasteiger charge is -2.09. The topological polar surface area (TPSA) is 61.4 Å². The minimum absolute atomic E-state index is 0.649. The van der Waals surface area contributed by atoms with Gasteiger partial charge in [-0.2, -0.15) is 0 Å². The third kappa shape index (κ3) is 3.89. The normalized spacial score (nSPS) is 10.9. The summed E-state index contributed by atoms with van der Waals surface area (Å²) in [6.07, 6.45) is 3.96. The Morgan fingerprint density at radius 3 is 1.33 bits per heavy atom. The van der Waals surface area contributed by atoms with Crippen LogP contribution in [0.15, 0.2) is 97.3 Å². The lowest BCUT2D eigenvalue weighted by atomic mass is 10.1. The second kappa shape index (κ2) is 8.13. The molecular weight excluding hydrogens is 372 g/mol. The number of hydrogen-bond acceptors (Lipinski definition) is 4. The average Bonchev–Trinajstić information content (AvgIpc) is 3.46. The zero-order valence-corrected chi connectivity index (χ0v) is 16.3. The van der Waals surface area contributed by atoms with Crippen molar-refractivity contribution in [3.05, 3.63) is 108 Å². The molecule has 0 atom stereocenters. The Bertz CT molecular complexity index is 1140. The van der Waals surface area contributed by atoms with E-state index in [-0.39, 0.29) is 0 Å². The third-order valence-corrected chi connectivity index (χ3v) is 5.00. The molecule has 2 aromatic heterocycles. The molecule has 0 aliphatic heterocycles. The lowest BCUT2D eigenvalue weighted by molar-refractivity contribution is 0.621. The van der Waals surface area contributed by atoms with Gasteiger partial charge in [0.15, 0.2) is 0 Å². The van der Waals surface area contributed by atoms with Gasteiger partial charge in [-0.3, -0.25) is 0 Å². The van der Waals surface area contributed by atoms with E-state index in [1.165, 1.54) is 11.1 Å². The van der Waals surface area contributed by atoms with Crippen molar-refractivity contribution in [2.24, 2.45) is 0 Å². The van der Waals surface area contributed by atoms with Crippen LogP contribution in [0.25, 0.3) is 22.5 Å². The molecule has 2 heterocycles. The summed E-state index contributed by atoms with van der Waals surface area (Å²) in [4.78, 5) is 0. The minimum atomic E-state index is 0.649. The number of benzene rings is 3. The van der Waals surface area contributed by atoms with Gasteiger partial charge in [0.1, 0.15) is 11.4 Å². The molecule has 3 aromatic carbocycles. The first-order chi connectivity index (χ1) is 14.8. The molecule has 5 rings (SSSR count). The highest BCUT2D eigenvalue weighted by Crippen LogP contribution is 2.18. The van der Waals surface area contributed by atoms with E-state index in [0.29, 0.717) is 13.1 Å². The maximum atomic E-state index is 4.32. The van der Waals surface area contributed by atoms with Crippen LogP contribution in [0.4, 0.5) is 0 Å². The van der Waals surface area contributed by atoms with E-state index in [9.17, 15) is 0 Å². The maximum absolute atomic E-state index is 4.32. The third-order valence-electron chi connectivity index (χ3n) is 5.00. The lowest BCUT2D eigenvalue weighted by Crippen LogP contribution is -2.07. The van der Waals surface area contributed by atoms with Crippen LogP contribution in [0.5, 0.6) is 0 Å². The average molecular weight is 392 g/mol. The Morgan fingerprint density at radius 2 is 0.900 bits per heavy atom. The van der Waals surface area contributed by atoms with Crippen LogP contribution in [-0.4, -0.2) is 30.0 Å². The second-order valence-electron chi connectivity index (χ2n) is 7.10. The molecule has 0 N–H and O–H groups in total. The molecule has 5 aromatic rings. The van der Waals surface area contributed by atoms with Gasteiger partial charge in [0.05, 0.1) is 25.5 Å². The van der Waals surface area contributed by atoms with Crippen molar-refractivity contribution in [2.75, 3.05) is 0 Å². The monoisotopic (exact) mass is 392 g/mol.